The van der Waals surface area contributed by atoms with Crippen molar-refractivity contribution < 1.29 is 14.7 Å². The number of aliphatic carboxylic acids is 1. The molecule has 26 heavy (non-hydrogen) atoms. The Morgan fingerprint density at radius 2 is 2.27 bits per heavy atom. The number of carbonyl (C=O) groups is 2. The molecule has 0 spiro atoms. The number of nitrogens with one attached hydrogen (secondary N) is 3. The summed E-state index contributed by atoms with van der Waals surface area (Å²) in [6, 6.07) is 4.26. The van der Waals surface area contributed by atoms with E-state index in [0.29, 0.717) is 29.4 Å². The van der Waals surface area contributed by atoms with Crippen LogP contribution in [0.15, 0.2) is 24.4 Å². The third-order valence-electron chi connectivity index (χ3n) is 4.28. The van der Waals surface area contributed by atoms with E-state index in [2.05, 4.69) is 26.3 Å². The van der Waals surface area contributed by atoms with Gasteiger partial charge in [-0.25, -0.2) is 9.48 Å². The van der Waals surface area contributed by atoms with Crippen LogP contribution in [-0.4, -0.2) is 44.7 Å². The van der Waals surface area contributed by atoms with Crippen molar-refractivity contribution in [3.8, 4) is 0 Å². The van der Waals surface area contributed by atoms with Crippen molar-refractivity contribution in [3.63, 3.8) is 0 Å². The molecule has 1 aromatic heterocycles. The van der Waals surface area contributed by atoms with Crippen LogP contribution in [0.2, 0.25) is 5.02 Å². The molecule has 0 saturated carbocycles. The Labute approximate surface area is 154 Å². The first-order valence-corrected chi connectivity index (χ1v) is 8.48. The Bertz CT molecular complexity index is 824. The summed E-state index contributed by atoms with van der Waals surface area (Å²) < 4.78 is 1.63. The Morgan fingerprint density at radius 3 is 3.00 bits per heavy atom. The number of rotatable bonds is 5. The molecule has 4 N–H and O–H groups in total. The average Bonchev–Trinajstić information content (AvgIpc) is 3.26. The molecule has 0 unspecified atom stereocenters. The summed E-state index contributed by atoms with van der Waals surface area (Å²) in [5.41, 5.74) is 2.01. The molecular weight excluding hydrogens is 360 g/mol. The summed E-state index contributed by atoms with van der Waals surface area (Å²) in [4.78, 5) is 23.0. The zero-order valence-electron chi connectivity index (χ0n) is 14.1. The molecule has 10 heteroatoms. The monoisotopic (exact) mass is 378 g/mol. The normalized spacial score (nSPS) is 19.3. The first-order chi connectivity index (χ1) is 12.4. The number of benzene rings is 1. The number of halogens is 1. The lowest BCUT2D eigenvalue weighted by atomic mass is 10.2. The summed E-state index contributed by atoms with van der Waals surface area (Å²) >= 11 is 6.03. The molecule has 2 amide bonds. The van der Waals surface area contributed by atoms with Crippen molar-refractivity contribution in [2.45, 2.75) is 32.0 Å². The fourth-order valence-electron chi connectivity index (χ4n) is 2.76. The lowest BCUT2D eigenvalue weighted by Gasteiger charge is -2.10. The third-order valence-corrected chi connectivity index (χ3v) is 4.69. The van der Waals surface area contributed by atoms with Crippen molar-refractivity contribution in [2.24, 2.45) is 0 Å². The number of amides is 2. The quantitative estimate of drug-likeness (QED) is 0.626. The van der Waals surface area contributed by atoms with Crippen LogP contribution in [0.5, 0.6) is 0 Å². The highest BCUT2D eigenvalue weighted by atomic mass is 35.5. The highest BCUT2D eigenvalue weighted by molar-refractivity contribution is 6.31. The minimum atomic E-state index is -0.873. The molecule has 138 valence electrons. The average molecular weight is 379 g/mol. The van der Waals surface area contributed by atoms with Gasteiger partial charge in [0.05, 0.1) is 18.8 Å². The SMILES string of the molecule is Cc1c(Cl)cccc1NC(=O)NCc1cn([C@@H]2CN[C@H](C(=O)O)C2)nn1. The smallest absolute Gasteiger partial charge is 0.320 e. The van der Waals surface area contributed by atoms with Gasteiger partial charge in [0.15, 0.2) is 0 Å². The molecule has 1 aliphatic heterocycles. The van der Waals surface area contributed by atoms with Crippen LogP contribution in [-0.2, 0) is 11.3 Å². The summed E-state index contributed by atoms with van der Waals surface area (Å²) in [6.07, 6.45) is 2.15. The minimum Gasteiger partial charge on any atom is -0.480 e. The van der Waals surface area contributed by atoms with Crippen LogP contribution in [0, 0.1) is 6.92 Å². The zero-order valence-corrected chi connectivity index (χ0v) is 14.8. The summed E-state index contributed by atoms with van der Waals surface area (Å²) in [5, 5.41) is 26.0. The van der Waals surface area contributed by atoms with E-state index >= 15 is 0 Å². The van der Waals surface area contributed by atoms with Gasteiger partial charge in [-0.15, -0.1) is 5.10 Å². The molecule has 1 aliphatic rings. The van der Waals surface area contributed by atoms with Gasteiger partial charge in [0, 0.05) is 17.3 Å². The van der Waals surface area contributed by atoms with E-state index in [0.717, 1.165) is 5.56 Å². The van der Waals surface area contributed by atoms with Gasteiger partial charge in [0.25, 0.3) is 0 Å². The lowest BCUT2D eigenvalue weighted by Crippen LogP contribution is -2.29. The Balaban J connectivity index is 1.52. The molecule has 2 atom stereocenters. The fourth-order valence-corrected chi connectivity index (χ4v) is 2.93. The lowest BCUT2D eigenvalue weighted by molar-refractivity contribution is -0.139. The van der Waals surface area contributed by atoms with Crippen LogP contribution in [0.3, 0.4) is 0 Å². The third kappa shape index (κ3) is 4.12. The molecule has 0 radical (unpaired) electrons. The molecule has 1 saturated heterocycles. The number of carbonyl (C=O) groups excluding carboxylic acids is 1. The molecule has 1 aromatic carbocycles. The van der Waals surface area contributed by atoms with Gasteiger partial charge in [-0.1, -0.05) is 22.9 Å². The maximum absolute atomic E-state index is 12.0. The number of anilines is 1. The van der Waals surface area contributed by atoms with Crippen molar-refractivity contribution in [3.05, 3.63) is 40.7 Å². The van der Waals surface area contributed by atoms with Crippen molar-refractivity contribution in [1.82, 2.24) is 25.6 Å². The van der Waals surface area contributed by atoms with Crippen LogP contribution < -0.4 is 16.0 Å². The predicted molar refractivity (Wildman–Crippen MR) is 95.1 cm³/mol. The zero-order chi connectivity index (χ0) is 18.7. The second kappa shape index (κ2) is 7.71. The topological polar surface area (TPSA) is 121 Å². The van der Waals surface area contributed by atoms with Gasteiger partial charge in [-0.3, -0.25) is 4.79 Å². The highest BCUT2D eigenvalue weighted by Crippen LogP contribution is 2.23. The number of nitrogens with zero attached hydrogens (tertiary/aromatic N) is 3. The maximum atomic E-state index is 12.0. The second-order valence-corrected chi connectivity index (χ2v) is 6.51. The van der Waals surface area contributed by atoms with E-state index in [1.165, 1.54) is 0 Å². The van der Waals surface area contributed by atoms with Crippen molar-refractivity contribution in [2.75, 3.05) is 11.9 Å². The standard InChI is InChI=1S/C16H19ClN6O3/c1-9-12(17)3-2-4-13(9)20-16(26)19-6-10-8-23(22-21-10)11-5-14(15(24)25)18-7-11/h2-4,8,11,14,18H,5-7H2,1H3,(H,24,25)(H2,19,20,26)/t11-,14-/m0/s1. The Kier molecular flexibility index (Phi) is 5.38. The first-order valence-electron chi connectivity index (χ1n) is 8.11. The van der Waals surface area contributed by atoms with Gasteiger partial charge in [0.2, 0.25) is 0 Å². The Morgan fingerprint density at radius 1 is 1.46 bits per heavy atom. The first kappa shape index (κ1) is 18.2. The van der Waals surface area contributed by atoms with Gasteiger partial charge < -0.3 is 21.1 Å². The second-order valence-electron chi connectivity index (χ2n) is 6.10. The maximum Gasteiger partial charge on any atom is 0.320 e. The predicted octanol–water partition coefficient (Wildman–Crippen LogP) is 1.55. The van der Waals surface area contributed by atoms with Crippen LogP contribution in [0.1, 0.15) is 23.7 Å². The van der Waals surface area contributed by atoms with Crippen molar-refractivity contribution >= 4 is 29.3 Å². The molecule has 1 fully saturated rings. The molecule has 9 nitrogen and oxygen atoms in total. The van der Waals surface area contributed by atoms with Gasteiger partial charge >= 0.3 is 12.0 Å². The van der Waals surface area contributed by atoms with Crippen LogP contribution >= 0.6 is 11.6 Å². The molecule has 2 aromatic rings. The van der Waals surface area contributed by atoms with E-state index in [1.807, 2.05) is 6.92 Å². The van der Waals surface area contributed by atoms with E-state index in [4.69, 9.17) is 16.7 Å². The van der Waals surface area contributed by atoms with E-state index in [9.17, 15) is 9.59 Å². The van der Waals surface area contributed by atoms with Crippen LogP contribution in [0.25, 0.3) is 0 Å². The largest absolute Gasteiger partial charge is 0.480 e. The number of hydrogen-bond acceptors (Lipinski definition) is 5. The number of carboxylic acids is 1. The van der Waals surface area contributed by atoms with E-state index in [-0.39, 0.29) is 18.6 Å². The number of hydrogen-bond donors (Lipinski definition) is 4. The van der Waals surface area contributed by atoms with E-state index in [1.54, 1.807) is 29.1 Å². The summed E-state index contributed by atoms with van der Waals surface area (Å²) in [6.45, 7) is 2.54. The highest BCUT2D eigenvalue weighted by Gasteiger charge is 2.30. The van der Waals surface area contributed by atoms with Gasteiger partial charge in [-0.05, 0) is 31.0 Å². The number of urea groups is 1. The summed E-state index contributed by atoms with van der Waals surface area (Å²) in [7, 11) is 0. The minimum absolute atomic E-state index is 0.0692. The molecule has 0 aliphatic carbocycles. The molecule has 2 heterocycles. The van der Waals surface area contributed by atoms with E-state index < -0.39 is 12.0 Å². The molecule has 0 bridgehead atoms. The Hall–Kier alpha value is -2.65. The number of aromatic nitrogens is 3. The van der Waals surface area contributed by atoms with Gasteiger partial charge in [-0.2, -0.15) is 0 Å². The molecular formula is C16H19ClN6O3. The van der Waals surface area contributed by atoms with Crippen molar-refractivity contribution in [1.29, 1.82) is 0 Å². The number of carboxylic acid groups (broad SMARTS) is 1. The van der Waals surface area contributed by atoms with Gasteiger partial charge in [0.1, 0.15) is 11.7 Å². The molecule has 3 rings (SSSR count). The fraction of sp³-hybridized carbons (Fsp3) is 0.375. The summed E-state index contributed by atoms with van der Waals surface area (Å²) in [5.74, 6) is -0.873. The van der Waals surface area contributed by atoms with Crippen LogP contribution in [0.4, 0.5) is 10.5 Å².